The number of carbonyl (C=O) groups excluding carboxylic acids is 1. The molecule has 154 valence electrons. The number of ether oxygens (including phenoxy) is 2. The minimum atomic E-state index is -0.603. The molecule has 8 heteroatoms. The Morgan fingerprint density at radius 2 is 2.00 bits per heavy atom. The summed E-state index contributed by atoms with van der Waals surface area (Å²) in [5.41, 5.74) is 1.38. The molecule has 3 rings (SSSR count). The first kappa shape index (κ1) is 21.1. The van der Waals surface area contributed by atoms with Crippen LogP contribution in [-0.4, -0.2) is 37.7 Å². The maximum absolute atomic E-state index is 12.8. The number of nitro groups is 1. The number of rotatable bonds is 6. The largest absolute Gasteiger partial charge is 0.496 e. The summed E-state index contributed by atoms with van der Waals surface area (Å²) in [6.45, 7) is 3.45. The van der Waals surface area contributed by atoms with Gasteiger partial charge in [0.2, 0.25) is 0 Å². The summed E-state index contributed by atoms with van der Waals surface area (Å²) in [6, 6.07) is 10.0. The van der Waals surface area contributed by atoms with Crippen LogP contribution in [0, 0.1) is 17.0 Å². The maximum Gasteiger partial charge on any atom is 0.283 e. The van der Waals surface area contributed by atoms with Gasteiger partial charge in [-0.1, -0.05) is 29.3 Å². The molecule has 0 aliphatic carbocycles. The molecule has 0 radical (unpaired) electrons. The number of methoxy groups -OCH3 is 1. The molecule has 0 unspecified atom stereocenters. The normalized spacial score (nSPS) is 15.6. The molecular weight excluding hydrogens is 396 g/mol. The Morgan fingerprint density at radius 3 is 2.66 bits per heavy atom. The highest BCUT2D eigenvalue weighted by atomic mass is 35.5. The zero-order chi connectivity index (χ0) is 21.0. The summed E-state index contributed by atoms with van der Waals surface area (Å²) >= 11 is 5.85. The summed E-state index contributed by atoms with van der Waals surface area (Å²) in [6.07, 6.45) is 1.41. The highest BCUT2D eigenvalue weighted by Gasteiger charge is 2.37. The van der Waals surface area contributed by atoms with Crippen LogP contribution in [0.1, 0.15) is 34.3 Å². The lowest BCUT2D eigenvalue weighted by molar-refractivity contribution is -0.385. The molecule has 1 amide bonds. The molecule has 0 aromatic heterocycles. The van der Waals surface area contributed by atoms with Gasteiger partial charge in [0.15, 0.2) is 0 Å². The molecule has 7 nitrogen and oxygen atoms in total. The Hall–Kier alpha value is -2.64. The number of nitrogens with one attached hydrogen (secondary N) is 1. The van der Waals surface area contributed by atoms with Gasteiger partial charge in [-0.25, -0.2) is 0 Å². The van der Waals surface area contributed by atoms with Gasteiger partial charge >= 0.3 is 0 Å². The van der Waals surface area contributed by atoms with Gasteiger partial charge in [-0.3, -0.25) is 14.9 Å². The van der Waals surface area contributed by atoms with E-state index in [-0.39, 0.29) is 21.7 Å². The zero-order valence-corrected chi connectivity index (χ0v) is 17.1. The van der Waals surface area contributed by atoms with E-state index < -0.39 is 10.8 Å². The fourth-order valence-electron chi connectivity index (χ4n) is 3.73. The van der Waals surface area contributed by atoms with Crippen molar-refractivity contribution in [2.24, 2.45) is 0 Å². The van der Waals surface area contributed by atoms with Crippen molar-refractivity contribution < 1.29 is 19.2 Å². The number of hydrogen-bond acceptors (Lipinski definition) is 5. The SMILES string of the molecule is COc1ccc(C)cc1C1(CNC(=O)c2ccc(Cl)cc2[N+](=O)[O-])CCOCC1. The smallest absolute Gasteiger partial charge is 0.283 e. The van der Waals surface area contributed by atoms with Crippen LogP contribution in [0.4, 0.5) is 5.69 Å². The molecule has 1 aliphatic rings. The van der Waals surface area contributed by atoms with Crippen molar-refractivity contribution in [1.82, 2.24) is 5.32 Å². The van der Waals surface area contributed by atoms with Gasteiger partial charge in [0, 0.05) is 41.8 Å². The van der Waals surface area contributed by atoms with Crippen molar-refractivity contribution in [3.05, 3.63) is 68.2 Å². The predicted octanol–water partition coefficient (Wildman–Crippen LogP) is 4.04. The van der Waals surface area contributed by atoms with Gasteiger partial charge in [-0.15, -0.1) is 0 Å². The number of nitrogens with zero attached hydrogens (tertiary/aromatic N) is 1. The predicted molar refractivity (Wildman–Crippen MR) is 110 cm³/mol. The Labute approximate surface area is 174 Å². The van der Waals surface area contributed by atoms with E-state index in [1.54, 1.807) is 7.11 Å². The Morgan fingerprint density at radius 1 is 1.28 bits per heavy atom. The Balaban J connectivity index is 1.91. The van der Waals surface area contributed by atoms with Crippen LogP contribution < -0.4 is 10.1 Å². The van der Waals surface area contributed by atoms with E-state index in [9.17, 15) is 14.9 Å². The van der Waals surface area contributed by atoms with E-state index in [4.69, 9.17) is 21.1 Å². The highest BCUT2D eigenvalue weighted by molar-refractivity contribution is 6.31. The van der Waals surface area contributed by atoms with Gasteiger partial charge in [0.1, 0.15) is 11.3 Å². The van der Waals surface area contributed by atoms with Crippen LogP contribution in [0.2, 0.25) is 5.02 Å². The number of halogens is 1. The first-order chi connectivity index (χ1) is 13.9. The third kappa shape index (κ3) is 4.52. The van der Waals surface area contributed by atoms with Crippen molar-refractivity contribution >= 4 is 23.2 Å². The quantitative estimate of drug-likeness (QED) is 0.564. The van der Waals surface area contributed by atoms with Crippen molar-refractivity contribution in [3.63, 3.8) is 0 Å². The monoisotopic (exact) mass is 418 g/mol. The van der Waals surface area contributed by atoms with E-state index in [1.165, 1.54) is 18.2 Å². The first-order valence-corrected chi connectivity index (χ1v) is 9.69. The molecular formula is C21H23ClN2O5. The molecule has 0 bridgehead atoms. The number of nitro benzene ring substituents is 1. The van der Waals surface area contributed by atoms with Gasteiger partial charge in [0.05, 0.1) is 12.0 Å². The second-order valence-electron chi connectivity index (χ2n) is 7.20. The van der Waals surface area contributed by atoms with E-state index >= 15 is 0 Å². The molecule has 0 atom stereocenters. The average Bonchev–Trinajstić information content (AvgIpc) is 2.72. The third-order valence-electron chi connectivity index (χ3n) is 5.36. The number of benzene rings is 2. The van der Waals surface area contributed by atoms with Crippen LogP contribution >= 0.6 is 11.6 Å². The van der Waals surface area contributed by atoms with E-state index in [0.717, 1.165) is 16.9 Å². The topological polar surface area (TPSA) is 90.7 Å². The second-order valence-corrected chi connectivity index (χ2v) is 7.63. The lowest BCUT2D eigenvalue weighted by Crippen LogP contribution is -2.45. The standard InChI is InChI=1S/C21H23ClN2O5/c1-14-3-6-19(28-2)17(11-14)21(7-9-29-10-8-21)13-23-20(25)16-5-4-15(22)12-18(16)24(26)27/h3-6,11-12H,7-10,13H2,1-2H3,(H,23,25). The Bertz CT molecular complexity index is 925. The lowest BCUT2D eigenvalue weighted by Gasteiger charge is -2.38. The molecule has 1 aliphatic heterocycles. The lowest BCUT2D eigenvalue weighted by atomic mass is 9.73. The minimum absolute atomic E-state index is 0.0159. The van der Waals surface area contributed by atoms with E-state index in [1.807, 2.05) is 19.1 Å². The maximum atomic E-state index is 12.8. The van der Waals surface area contributed by atoms with Crippen molar-refractivity contribution in [3.8, 4) is 5.75 Å². The summed E-state index contributed by atoms with van der Waals surface area (Å²) in [5.74, 6) is 0.245. The fourth-order valence-corrected chi connectivity index (χ4v) is 3.90. The molecule has 2 aromatic rings. The van der Waals surface area contributed by atoms with Crippen LogP contribution in [0.3, 0.4) is 0 Å². The fraction of sp³-hybridized carbons (Fsp3) is 0.381. The van der Waals surface area contributed by atoms with Gasteiger partial charge < -0.3 is 14.8 Å². The van der Waals surface area contributed by atoms with Gasteiger partial charge in [-0.05, 0) is 38.0 Å². The minimum Gasteiger partial charge on any atom is -0.496 e. The molecule has 29 heavy (non-hydrogen) atoms. The molecule has 1 fully saturated rings. The van der Waals surface area contributed by atoms with E-state index in [0.29, 0.717) is 32.6 Å². The Kier molecular flexibility index (Phi) is 6.39. The second kappa shape index (κ2) is 8.80. The number of amides is 1. The van der Waals surface area contributed by atoms with Crippen LogP contribution in [-0.2, 0) is 10.2 Å². The molecule has 1 saturated heterocycles. The van der Waals surface area contributed by atoms with Crippen molar-refractivity contribution in [1.29, 1.82) is 0 Å². The molecule has 2 aromatic carbocycles. The van der Waals surface area contributed by atoms with Crippen molar-refractivity contribution in [2.45, 2.75) is 25.2 Å². The summed E-state index contributed by atoms with van der Waals surface area (Å²) in [5, 5.41) is 14.4. The molecule has 1 heterocycles. The summed E-state index contributed by atoms with van der Waals surface area (Å²) in [7, 11) is 1.62. The zero-order valence-electron chi connectivity index (χ0n) is 16.4. The number of carbonyl (C=O) groups is 1. The first-order valence-electron chi connectivity index (χ1n) is 9.31. The van der Waals surface area contributed by atoms with Crippen LogP contribution in [0.25, 0.3) is 0 Å². The average molecular weight is 419 g/mol. The highest BCUT2D eigenvalue weighted by Crippen LogP contribution is 2.40. The number of aryl methyl sites for hydroxylation is 1. The molecule has 0 spiro atoms. The molecule has 1 N–H and O–H groups in total. The van der Waals surface area contributed by atoms with E-state index in [2.05, 4.69) is 11.4 Å². The molecule has 0 saturated carbocycles. The van der Waals surface area contributed by atoms with Gasteiger partial charge in [-0.2, -0.15) is 0 Å². The number of hydrogen-bond donors (Lipinski definition) is 1. The van der Waals surface area contributed by atoms with Gasteiger partial charge in [0.25, 0.3) is 11.6 Å². The summed E-state index contributed by atoms with van der Waals surface area (Å²) < 4.78 is 11.1. The third-order valence-corrected chi connectivity index (χ3v) is 5.60. The van der Waals surface area contributed by atoms with Crippen molar-refractivity contribution in [2.75, 3.05) is 26.9 Å². The van der Waals surface area contributed by atoms with Crippen LogP contribution in [0.15, 0.2) is 36.4 Å². The van der Waals surface area contributed by atoms with Crippen LogP contribution in [0.5, 0.6) is 5.75 Å². The summed E-state index contributed by atoms with van der Waals surface area (Å²) in [4.78, 5) is 23.5.